The molecule has 0 radical (unpaired) electrons. The first kappa shape index (κ1) is 28.6. The molecule has 2 aromatic heterocycles. The molecule has 0 N–H and O–H groups in total. The Morgan fingerprint density at radius 2 is 0.953 bits per heavy atom. The van der Waals surface area contributed by atoms with Gasteiger partial charge in [0.2, 0.25) is 0 Å². The summed E-state index contributed by atoms with van der Waals surface area (Å²) in [4.78, 5) is 0. The van der Waals surface area contributed by atoms with E-state index in [9.17, 15) is 0 Å². The summed E-state index contributed by atoms with van der Waals surface area (Å²) in [6.45, 7) is 1.35. The van der Waals surface area contributed by atoms with Gasteiger partial charge in [-0.25, -0.2) is 0 Å². The second kappa shape index (κ2) is 13.6. The maximum atomic E-state index is 6.04. The van der Waals surface area contributed by atoms with Crippen molar-refractivity contribution in [2.24, 2.45) is 0 Å². The Morgan fingerprint density at radius 3 is 1.37 bits per heavy atom. The standard InChI is InChI=1S/C34H26Cl2N2O5/c35-27-5-1-3-23(15-27)19-40-29-11-7-25(8-12-29)33-17-31(42-37-33)21-39-22-32-18-34(38-43-32)26-9-13-30(14-10-26)41-20-24-4-2-6-28(36)16-24/h1-18H,19-22H2. The van der Waals surface area contributed by atoms with Crippen LogP contribution in [0.3, 0.4) is 0 Å². The molecule has 0 saturated heterocycles. The van der Waals surface area contributed by atoms with Gasteiger partial charge in [-0.1, -0.05) is 57.8 Å². The van der Waals surface area contributed by atoms with Crippen LogP contribution in [0.1, 0.15) is 22.6 Å². The minimum atomic E-state index is 0.239. The van der Waals surface area contributed by atoms with E-state index in [0.717, 1.165) is 33.8 Å². The van der Waals surface area contributed by atoms with Gasteiger partial charge < -0.3 is 23.3 Å². The van der Waals surface area contributed by atoms with E-state index in [4.69, 9.17) is 46.5 Å². The van der Waals surface area contributed by atoms with Crippen LogP contribution in [0.2, 0.25) is 10.0 Å². The Hall–Kier alpha value is -4.56. The van der Waals surface area contributed by atoms with Crippen LogP contribution in [0.5, 0.6) is 11.5 Å². The topological polar surface area (TPSA) is 79.8 Å². The summed E-state index contributed by atoms with van der Waals surface area (Å²) in [6.07, 6.45) is 0. The van der Waals surface area contributed by atoms with E-state index in [-0.39, 0.29) is 13.2 Å². The fourth-order valence-corrected chi connectivity index (χ4v) is 4.74. The summed E-state index contributed by atoms with van der Waals surface area (Å²) >= 11 is 12.1. The van der Waals surface area contributed by atoms with E-state index in [0.29, 0.717) is 46.2 Å². The normalized spacial score (nSPS) is 11.0. The summed E-state index contributed by atoms with van der Waals surface area (Å²) in [5, 5.41) is 9.71. The van der Waals surface area contributed by atoms with Gasteiger partial charge in [-0.3, -0.25) is 0 Å². The average Bonchev–Trinajstić information content (AvgIpc) is 3.70. The predicted octanol–water partition coefficient (Wildman–Crippen LogP) is 9.18. The molecule has 0 atom stereocenters. The molecule has 6 rings (SSSR count). The van der Waals surface area contributed by atoms with Gasteiger partial charge in [0, 0.05) is 33.3 Å². The number of rotatable bonds is 12. The lowest BCUT2D eigenvalue weighted by atomic mass is 10.1. The van der Waals surface area contributed by atoms with Crippen molar-refractivity contribution in [2.45, 2.75) is 26.4 Å². The summed E-state index contributed by atoms with van der Waals surface area (Å²) < 4.78 is 28.4. The molecule has 43 heavy (non-hydrogen) atoms. The van der Waals surface area contributed by atoms with Crippen molar-refractivity contribution in [3.63, 3.8) is 0 Å². The maximum absolute atomic E-state index is 6.04. The van der Waals surface area contributed by atoms with Gasteiger partial charge in [0.15, 0.2) is 11.5 Å². The Morgan fingerprint density at radius 1 is 0.512 bits per heavy atom. The highest BCUT2D eigenvalue weighted by molar-refractivity contribution is 6.30. The van der Waals surface area contributed by atoms with Crippen LogP contribution in [-0.4, -0.2) is 10.3 Å². The van der Waals surface area contributed by atoms with Gasteiger partial charge in [0.05, 0.1) is 0 Å². The lowest BCUT2D eigenvalue weighted by Gasteiger charge is -2.07. The minimum absolute atomic E-state index is 0.239. The van der Waals surface area contributed by atoms with Crippen LogP contribution < -0.4 is 9.47 Å². The number of hydrogen-bond donors (Lipinski definition) is 0. The van der Waals surface area contributed by atoms with E-state index in [2.05, 4.69) is 10.3 Å². The van der Waals surface area contributed by atoms with Gasteiger partial charge in [0.1, 0.15) is 49.3 Å². The van der Waals surface area contributed by atoms with Crippen molar-refractivity contribution in [1.29, 1.82) is 0 Å². The lowest BCUT2D eigenvalue weighted by Crippen LogP contribution is -1.95. The molecular weight excluding hydrogens is 587 g/mol. The Labute approximate surface area is 258 Å². The zero-order valence-electron chi connectivity index (χ0n) is 22.9. The fraction of sp³-hybridized carbons (Fsp3) is 0.118. The minimum Gasteiger partial charge on any atom is -0.489 e. The van der Waals surface area contributed by atoms with Crippen LogP contribution in [0, 0.1) is 0 Å². The van der Waals surface area contributed by atoms with Gasteiger partial charge in [-0.2, -0.15) is 0 Å². The Kier molecular flexibility index (Phi) is 9.04. The van der Waals surface area contributed by atoms with E-state index < -0.39 is 0 Å². The molecule has 0 bridgehead atoms. The second-order valence-electron chi connectivity index (χ2n) is 9.74. The smallest absolute Gasteiger partial charge is 0.163 e. The number of aromatic nitrogens is 2. The van der Waals surface area contributed by atoms with Crippen LogP contribution in [-0.2, 0) is 31.2 Å². The van der Waals surface area contributed by atoms with E-state index in [1.807, 2.05) is 109 Å². The molecule has 0 aliphatic heterocycles. The molecule has 0 amide bonds. The van der Waals surface area contributed by atoms with Crippen molar-refractivity contribution < 1.29 is 23.3 Å². The molecule has 6 aromatic rings. The summed E-state index contributed by atoms with van der Waals surface area (Å²) in [7, 11) is 0. The first-order chi connectivity index (χ1) is 21.1. The van der Waals surface area contributed by atoms with Crippen LogP contribution in [0.15, 0.2) is 118 Å². The molecule has 2 heterocycles. The van der Waals surface area contributed by atoms with Crippen LogP contribution in [0.25, 0.3) is 22.5 Å². The molecule has 7 nitrogen and oxygen atoms in total. The molecule has 9 heteroatoms. The summed E-state index contributed by atoms with van der Waals surface area (Å²) in [6, 6.07) is 34.2. The van der Waals surface area contributed by atoms with E-state index in [1.165, 1.54) is 0 Å². The average molecular weight is 613 g/mol. The third-order valence-electron chi connectivity index (χ3n) is 6.50. The molecule has 0 aliphatic carbocycles. The SMILES string of the molecule is Clc1cccc(COc2ccc(-c3cc(COCc4cc(-c5ccc(OCc6cccc(Cl)c6)cc5)no4)on3)cc2)c1. The third kappa shape index (κ3) is 7.84. The van der Waals surface area contributed by atoms with Crippen molar-refractivity contribution in [1.82, 2.24) is 10.3 Å². The zero-order chi connectivity index (χ0) is 29.4. The van der Waals surface area contributed by atoms with Crippen molar-refractivity contribution >= 4 is 23.2 Å². The maximum Gasteiger partial charge on any atom is 0.163 e. The molecule has 0 unspecified atom stereocenters. The number of hydrogen-bond acceptors (Lipinski definition) is 7. The Balaban J connectivity index is 0.963. The number of benzene rings is 4. The van der Waals surface area contributed by atoms with Crippen molar-refractivity contribution in [3.8, 4) is 34.0 Å². The van der Waals surface area contributed by atoms with E-state index in [1.54, 1.807) is 0 Å². The summed E-state index contributed by atoms with van der Waals surface area (Å²) in [5.74, 6) is 2.70. The largest absolute Gasteiger partial charge is 0.489 e. The van der Waals surface area contributed by atoms with Crippen molar-refractivity contribution in [2.75, 3.05) is 0 Å². The van der Waals surface area contributed by atoms with Crippen LogP contribution >= 0.6 is 23.2 Å². The summed E-state index contributed by atoms with van der Waals surface area (Å²) in [5.41, 5.74) is 5.25. The highest BCUT2D eigenvalue weighted by atomic mass is 35.5. The second-order valence-corrected chi connectivity index (χ2v) is 10.6. The molecule has 4 aromatic carbocycles. The number of nitrogens with zero attached hydrogens (tertiary/aromatic N) is 2. The monoisotopic (exact) mass is 612 g/mol. The van der Waals surface area contributed by atoms with E-state index >= 15 is 0 Å². The highest BCUT2D eigenvalue weighted by Gasteiger charge is 2.11. The molecule has 0 fully saturated rings. The third-order valence-corrected chi connectivity index (χ3v) is 6.97. The number of ether oxygens (including phenoxy) is 3. The molecule has 0 saturated carbocycles. The fourth-order valence-electron chi connectivity index (χ4n) is 4.32. The first-order valence-electron chi connectivity index (χ1n) is 13.5. The van der Waals surface area contributed by atoms with Gasteiger partial charge in [-0.15, -0.1) is 0 Å². The Bertz CT molecular complexity index is 1650. The lowest BCUT2D eigenvalue weighted by molar-refractivity contribution is 0.0727. The predicted molar refractivity (Wildman–Crippen MR) is 164 cm³/mol. The van der Waals surface area contributed by atoms with Crippen LogP contribution in [0.4, 0.5) is 0 Å². The molecule has 0 spiro atoms. The van der Waals surface area contributed by atoms with Gasteiger partial charge in [-0.05, 0) is 83.9 Å². The zero-order valence-corrected chi connectivity index (χ0v) is 24.4. The van der Waals surface area contributed by atoms with Gasteiger partial charge in [0.25, 0.3) is 0 Å². The first-order valence-corrected chi connectivity index (χ1v) is 14.3. The van der Waals surface area contributed by atoms with Crippen molar-refractivity contribution in [3.05, 3.63) is 142 Å². The van der Waals surface area contributed by atoms with Gasteiger partial charge >= 0.3 is 0 Å². The molecule has 0 aliphatic rings. The molecular formula is C34H26Cl2N2O5. The number of halogens is 2. The highest BCUT2D eigenvalue weighted by Crippen LogP contribution is 2.25. The molecule has 216 valence electrons. The quantitative estimate of drug-likeness (QED) is 0.136.